The molecule has 0 radical (unpaired) electrons. The van der Waals surface area contributed by atoms with Crippen molar-refractivity contribution in [2.45, 2.75) is 71.6 Å². The normalized spacial score (nSPS) is 17.3. The lowest BCUT2D eigenvalue weighted by atomic mass is 9.80. The molecule has 0 saturated heterocycles. The molecule has 0 aromatic heterocycles. The Balaban J connectivity index is 1.55. The molecule has 0 bridgehead atoms. The minimum Gasteiger partial charge on any atom is -0.426 e. The summed E-state index contributed by atoms with van der Waals surface area (Å²) in [7, 11) is 0. The molecular weight excluding hydrogens is 411 g/mol. The molecule has 1 saturated carbocycles. The number of ether oxygens (including phenoxy) is 1. The average molecular weight is 445 g/mol. The summed E-state index contributed by atoms with van der Waals surface area (Å²) in [6.07, 6.45) is 9.53. The van der Waals surface area contributed by atoms with E-state index >= 15 is 0 Å². The Hall–Kier alpha value is -3.04. The second-order valence-corrected chi connectivity index (χ2v) is 8.80. The first-order valence-electron chi connectivity index (χ1n) is 12.2. The summed E-state index contributed by atoms with van der Waals surface area (Å²) in [6.45, 7) is 4.31. The van der Waals surface area contributed by atoms with Gasteiger partial charge in [0.05, 0.1) is 11.5 Å². The molecule has 0 unspecified atom stereocenters. The third-order valence-electron chi connectivity index (χ3n) is 6.14. The van der Waals surface area contributed by atoms with Crippen molar-refractivity contribution < 1.29 is 13.9 Å². The molecule has 0 aliphatic heterocycles. The maximum atomic E-state index is 14.5. The molecule has 1 aliphatic rings. The highest BCUT2D eigenvalue weighted by Crippen LogP contribution is 2.33. The van der Waals surface area contributed by atoms with E-state index in [4.69, 9.17) is 4.74 Å². The Labute approximate surface area is 197 Å². The van der Waals surface area contributed by atoms with E-state index in [1.54, 1.807) is 12.1 Å². The van der Waals surface area contributed by atoms with E-state index in [0.29, 0.717) is 0 Å². The first kappa shape index (κ1) is 24.6. The van der Waals surface area contributed by atoms with Crippen LogP contribution < -0.4 is 4.74 Å². The Bertz CT molecular complexity index is 1040. The lowest BCUT2D eigenvalue weighted by molar-refractivity contribution is -0.140. The Morgan fingerprint density at radius 1 is 0.939 bits per heavy atom. The van der Waals surface area contributed by atoms with E-state index in [2.05, 4.69) is 37.5 Å². The van der Waals surface area contributed by atoms with Crippen molar-refractivity contribution in [2.24, 2.45) is 11.8 Å². The van der Waals surface area contributed by atoms with Crippen molar-refractivity contribution in [3.63, 3.8) is 0 Å². The van der Waals surface area contributed by atoms with Crippen molar-refractivity contribution >= 4 is 5.97 Å². The molecule has 33 heavy (non-hydrogen) atoms. The molecule has 0 heterocycles. The van der Waals surface area contributed by atoms with Gasteiger partial charge in [-0.15, -0.1) is 0 Å². The molecule has 3 rings (SSSR count). The molecule has 172 valence electrons. The fraction of sp³-hybridized carbons (Fsp3) is 0.433. The zero-order valence-corrected chi connectivity index (χ0v) is 19.8. The molecule has 3 heteroatoms. The smallest absolute Gasteiger partial charge is 0.314 e. The lowest BCUT2D eigenvalue weighted by Gasteiger charge is -2.27. The van der Waals surface area contributed by atoms with Gasteiger partial charge < -0.3 is 4.74 Å². The molecule has 2 aromatic carbocycles. The average Bonchev–Trinajstić information content (AvgIpc) is 2.83. The SMILES string of the molecule is CCCC#Cc1ccc(C#Cc2ccc(OC(=O)[C@H]3CC[C@H](CCCC)CC3)cc2F)cc1. The summed E-state index contributed by atoms with van der Waals surface area (Å²) in [4.78, 5) is 12.5. The van der Waals surface area contributed by atoms with Crippen LogP contribution in [0.4, 0.5) is 4.39 Å². The Morgan fingerprint density at radius 2 is 1.64 bits per heavy atom. The van der Waals surface area contributed by atoms with Gasteiger partial charge in [-0.25, -0.2) is 4.39 Å². The quantitative estimate of drug-likeness (QED) is 0.266. The van der Waals surface area contributed by atoms with Crippen LogP contribution in [0.15, 0.2) is 42.5 Å². The van der Waals surface area contributed by atoms with Gasteiger partial charge in [0.25, 0.3) is 0 Å². The number of hydrogen-bond acceptors (Lipinski definition) is 2. The van der Waals surface area contributed by atoms with Crippen LogP contribution in [-0.4, -0.2) is 5.97 Å². The molecule has 0 spiro atoms. The number of halogens is 1. The maximum Gasteiger partial charge on any atom is 0.314 e. The van der Waals surface area contributed by atoms with Gasteiger partial charge in [0, 0.05) is 23.6 Å². The predicted octanol–water partition coefficient (Wildman–Crippen LogP) is 7.28. The molecule has 1 aliphatic carbocycles. The number of carbonyl (C=O) groups is 1. The van der Waals surface area contributed by atoms with E-state index in [-0.39, 0.29) is 23.2 Å². The third-order valence-corrected chi connectivity index (χ3v) is 6.14. The highest BCUT2D eigenvalue weighted by molar-refractivity contribution is 5.75. The third kappa shape index (κ3) is 7.80. The van der Waals surface area contributed by atoms with Gasteiger partial charge in [0.1, 0.15) is 11.6 Å². The highest BCUT2D eigenvalue weighted by atomic mass is 19.1. The van der Waals surface area contributed by atoms with Gasteiger partial charge in [-0.05, 0) is 74.4 Å². The highest BCUT2D eigenvalue weighted by Gasteiger charge is 2.27. The number of rotatable bonds is 6. The first-order valence-corrected chi connectivity index (χ1v) is 12.2. The number of unbranched alkanes of at least 4 members (excludes halogenated alkanes) is 2. The summed E-state index contributed by atoms with van der Waals surface area (Å²) in [5.74, 6) is 12.2. The fourth-order valence-electron chi connectivity index (χ4n) is 4.11. The van der Waals surface area contributed by atoms with Gasteiger partial charge in [0.2, 0.25) is 0 Å². The minimum absolute atomic E-state index is 0.0833. The zero-order valence-electron chi connectivity index (χ0n) is 19.8. The summed E-state index contributed by atoms with van der Waals surface area (Å²) in [6, 6.07) is 12.0. The van der Waals surface area contributed by atoms with Gasteiger partial charge in [-0.1, -0.05) is 56.8 Å². The van der Waals surface area contributed by atoms with Crippen LogP contribution in [0.5, 0.6) is 5.75 Å². The molecular formula is C30H33FO2. The monoisotopic (exact) mass is 444 g/mol. The van der Waals surface area contributed by atoms with Crippen LogP contribution in [0, 0.1) is 41.3 Å². The molecule has 0 amide bonds. The van der Waals surface area contributed by atoms with Gasteiger partial charge >= 0.3 is 5.97 Å². The van der Waals surface area contributed by atoms with Crippen LogP contribution in [0.3, 0.4) is 0 Å². The number of benzene rings is 2. The molecule has 1 fully saturated rings. The second kappa shape index (κ2) is 12.9. The Morgan fingerprint density at radius 3 is 2.27 bits per heavy atom. The predicted molar refractivity (Wildman–Crippen MR) is 131 cm³/mol. The number of hydrogen-bond donors (Lipinski definition) is 0. The van der Waals surface area contributed by atoms with Crippen LogP contribution in [0.2, 0.25) is 0 Å². The van der Waals surface area contributed by atoms with E-state index in [1.165, 1.54) is 25.3 Å². The van der Waals surface area contributed by atoms with Gasteiger partial charge in [-0.2, -0.15) is 0 Å². The van der Waals surface area contributed by atoms with E-state index in [1.807, 2.05) is 24.3 Å². The van der Waals surface area contributed by atoms with E-state index in [9.17, 15) is 9.18 Å². The van der Waals surface area contributed by atoms with Crippen LogP contribution in [-0.2, 0) is 4.79 Å². The van der Waals surface area contributed by atoms with Crippen molar-refractivity contribution in [2.75, 3.05) is 0 Å². The van der Waals surface area contributed by atoms with Gasteiger partial charge in [0.15, 0.2) is 0 Å². The summed E-state index contributed by atoms with van der Waals surface area (Å²) < 4.78 is 20.0. The van der Waals surface area contributed by atoms with Crippen molar-refractivity contribution in [3.05, 3.63) is 65.0 Å². The standard InChI is InChI=1S/C30H33FO2/c1-3-5-7-9-24-10-12-25(13-11-24)14-17-26-20-21-28(22-29(26)31)33-30(32)27-18-15-23(16-19-27)8-6-4-2/h10-13,20-23,27H,3-6,8,15-16,18-19H2,1-2H3/t23-,27-. The summed E-state index contributed by atoms with van der Waals surface area (Å²) >= 11 is 0. The van der Waals surface area contributed by atoms with E-state index in [0.717, 1.165) is 55.6 Å². The van der Waals surface area contributed by atoms with Gasteiger partial charge in [-0.3, -0.25) is 4.79 Å². The lowest BCUT2D eigenvalue weighted by Crippen LogP contribution is -2.25. The zero-order chi connectivity index (χ0) is 23.5. The van der Waals surface area contributed by atoms with Crippen LogP contribution in [0.1, 0.15) is 88.3 Å². The maximum absolute atomic E-state index is 14.5. The van der Waals surface area contributed by atoms with E-state index < -0.39 is 5.82 Å². The van der Waals surface area contributed by atoms with Crippen molar-refractivity contribution in [1.29, 1.82) is 0 Å². The first-order chi connectivity index (χ1) is 16.1. The fourth-order valence-corrected chi connectivity index (χ4v) is 4.11. The molecule has 0 N–H and O–H groups in total. The molecule has 2 aromatic rings. The molecule has 2 nitrogen and oxygen atoms in total. The Kier molecular flexibility index (Phi) is 9.59. The topological polar surface area (TPSA) is 26.3 Å². The summed E-state index contributed by atoms with van der Waals surface area (Å²) in [5, 5.41) is 0. The van der Waals surface area contributed by atoms with Crippen molar-refractivity contribution in [1.82, 2.24) is 0 Å². The molecule has 0 atom stereocenters. The number of esters is 1. The van der Waals surface area contributed by atoms with Crippen LogP contribution >= 0.6 is 0 Å². The van der Waals surface area contributed by atoms with Crippen LogP contribution in [0.25, 0.3) is 0 Å². The van der Waals surface area contributed by atoms with Crippen molar-refractivity contribution in [3.8, 4) is 29.4 Å². The summed E-state index contributed by atoms with van der Waals surface area (Å²) in [5.41, 5.74) is 2.01. The number of carbonyl (C=O) groups excluding carboxylic acids is 1. The second-order valence-electron chi connectivity index (χ2n) is 8.80. The minimum atomic E-state index is -0.488. The largest absolute Gasteiger partial charge is 0.426 e.